The second-order valence-electron chi connectivity index (χ2n) is 3.54. The molecule has 0 saturated heterocycles. The lowest BCUT2D eigenvalue weighted by molar-refractivity contribution is 0.0535. The molecule has 0 fully saturated rings. The Bertz CT molecular complexity index is 358. The lowest BCUT2D eigenvalue weighted by Gasteiger charge is -2.10. The molecule has 6 nitrogen and oxygen atoms in total. The number of nitrogens with two attached hydrogens (primary N) is 1. The summed E-state index contributed by atoms with van der Waals surface area (Å²) < 4.78 is 15.6. The van der Waals surface area contributed by atoms with E-state index >= 15 is 0 Å². The maximum absolute atomic E-state index is 5.71. The Morgan fingerprint density at radius 2 is 1.76 bits per heavy atom. The van der Waals surface area contributed by atoms with Crippen LogP contribution in [0.3, 0.4) is 0 Å². The van der Waals surface area contributed by atoms with Crippen molar-refractivity contribution in [1.29, 1.82) is 0 Å². The molecule has 0 spiro atoms. The molecule has 0 aliphatic rings. The van der Waals surface area contributed by atoms with Crippen LogP contribution < -0.4 is 10.5 Å². The first-order valence-electron chi connectivity index (χ1n) is 5.45. The number of methoxy groups -OCH3 is 1. The third-order valence-electron chi connectivity index (χ3n) is 2.15. The van der Waals surface area contributed by atoms with Crippen LogP contribution in [-0.4, -0.2) is 43.5 Å². The lowest BCUT2D eigenvalue weighted by atomic mass is 10.3. The Morgan fingerprint density at radius 1 is 1.06 bits per heavy atom. The summed E-state index contributed by atoms with van der Waals surface area (Å²) in [7, 11) is 1.63. The maximum Gasteiger partial charge on any atom is 0.221 e. The smallest absolute Gasteiger partial charge is 0.221 e. The average Bonchev–Trinajstić information content (AvgIpc) is 2.29. The van der Waals surface area contributed by atoms with Gasteiger partial charge in [0.15, 0.2) is 0 Å². The number of ether oxygens (including phenoxy) is 3. The van der Waals surface area contributed by atoms with Crippen molar-refractivity contribution in [1.82, 2.24) is 9.97 Å². The van der Waals surface area contributed by atoms with Crippen molar-refractivity contribution in [2.24, 2.45) is 0 Å². The number of nitrogen functional groups attached to an aromatic ring is 1. The maximum atomic E-state index is 5.71. The van der Waals surface area contributed by atoms with Crippen molar-refractivity contribution in [3.05, 3.63) is 11.4 Å². The highest BCUT2D eigenvalue weighted by atomic mass is 16.5. The molecule has 6 heteroatoms. The van der Waals surface area contributed by atoms with Gasteiger partial charge in [0.2, 0.25) is 5.88 Å². The third-order valence-corrected chi connectivity index (χ3v) is 2.15. The SMILES string of the molecule is COCCOCCOc1nc(C)nc(N)c1C. The molecule has 96 valence electrons. The Kier molecular flexibility index (Phi) is 5.65. The Balaban J connectivity index is 2.36. The number of anilines is 1. The van der Waals surface area contributed by atoms with Gasteiger partial charge in [0, 0.05) is 7.11 Å². The molecule has 0 aromatic carbocycles. The average molecular weight is 241 g/mol. The second-order valence-corrected chi connectivity index (χ2v) is 3.54. The van der Waals surface area contributed by atoms with E-state index in [2.05, 4.69) is 9.97 Å². The molecule has 0 unspecified atom stereocenters. The quantitative estimate of drug-likeness (QED) is 0.708. The van der Waals surface area contributed by atoms with Crippen molar-refractivity contribution >= 4 is 5.82 Å². The highest BCUT2D eigenvalue weighted by Crippen LogP contribution is 2.18. The van der Waals surface area contributed by atoms with E-state index in [0.29, 0.717) is 43.9 Å². The Labute approximate surface area is 101 Å². The minimum atomic E-state index is 0.431. The normalized spacial score (nSPS) is 10.5. The van der Waals surface area contributed by atoms with Crippen molar-refractivity contribution < 1.29 is 14.2 Å². The molecular formula is C11H19N3O3. The monoisotopic (exact) mass is 241 g/mol. The van der Waals surface area contributed by atoms with Gasteiger partial charge in [-0.15, -0.1) is 0 Å². The van der Waals surface area contributed by atoms with Crippen molar-refractivity contribution in [3.63, 3.8) is 0 Å². The molecule has 17 heavy (non-hydrogen) atoms. The standard InChI is InChI=1S/C11H19N3O3/c1-8-10(12)13-9(2)14-11(8)17-7-6-16-5-4-15-3/h4-7H2,1-3H3,(H2,12,13,14). The summed E-state index contributed by atoms with van der Waals surface area (Å²) in [5, 5.41) is 0. The van der Waals surface area contributed by atoms with Crippen molar-refractivity contribution in [2.75, 3.05) is 39.3 Å². The molecule has 0 atom stereocenters. The van der Waals surface area contributed by atoms with Gasteiger partial charge in [0.05, 0.1) is 25.4 Å². The topological polar surface area (TPSA) is 79.5 Å². The van der Waals surface area contributed by atoms with Gasteiger partial charge in [-0.05, 0) is 13.8 Å². The summed E-state index contributed by atoms with van der Waals surface area (Å²) in [6.07, 6.45) is 0. The van der Waals surface area contributed by atoms with Gasteiger partial charge >= 0.3 is 0 Å². The van der Waals surface area contributed by atoms with Crippen LogP contribution in [-0.2, 0) is 9.47 Å². The third kappa shape index (κ3) is 4.54. The predicted molar refractivity (Wildman–Crippen MR) is 64.1 cm³/mol. The van der Waals surface area contributed by atoms with Gasteiger partial charge in [0.1, 0.15) is 18.2 Å². The number of rotatable bonds is 7. The van der Waals surface area contributed by atoms with Gasteiger partial charge in [-0.2, -0.15) is 4.98 Å². The van der Waals surface area contributed by atoms with E-state index < -0.39 is 0 Å². The molecule has 0 bridgehead atoms. The molecule has 1 aromatic rings. The van der Waals surface area contributed by atoms with E-state index in [1.54, 1.807) is 14.0 Å². The number of hydrogen-bond acceptors (Lipinski definition) is 6. The molecule has 0 amide bonds. The summed E-state index contributed by atoms with van der Waals surface area (Å²) in [5.41, 5.74) is 6.47. The Morgan fingerprint density at radius 3 is 2.47 bits per heavy atom. The van der Waals surface area contributed by atoms with E-state index in [-0.39, 0.29) is 0 Å². The molecule has 1 heterocycles. The van der Waals surface area contributed by atoms with Crippen LogP contribution in [0.25, 0.3) is 0 Å². The molecule has 0 aliphatic carbocycles. The van der Waals surface area contributed by atoms with Crippen LogP contribution in [0.2, 0.25) is 0 Å². The van der Waals surface area contributed by atoms with Crippen molar-refractivity contribution in [3.8, 4) is 5.88 Å². The van der Waals surface area contributed by atoms with Gasteiger partial charge in [-0.25, -0.2) is 4.98 Å². The van der Waals surface area contributed by atoms with E-state index in [9.17, 15) is 0 Å². The van der Waals surface area contributed by atoms with Crippen LogP contribution in [0.15, 0.2) is 0 Å². The van der Waals surface area contributed by atoms with Crippen LogP contribution in [0, 0.1) is 13.8 Å². The van der Waals surface area contributed by atoms with E-state index in [1.807, 2.05) is 6.92 Å². The van der Waals surface area contributed by atoms with Crippen molar-refractivity contribution in [2.45, 2.75) is 13.8 Å². The summed E-state index contributed by atoms with van der Waals surface area (Å²) in [4.78, 5) is 8.22. The second kappa shape index (κ2) is 7.03. The summed E-state index contributed by atoms with van der Waals surface area (Å²) in [6.45, 7) is 5.67. The molecule has 0 radical (unpaired) electrons. The number of nitrogens with zero attached hydrogens (tertiary/aromatic N) is 2. The summed E-state index contributed by atoms with van der Waals surface area (Å²) >= 11 is 0. The number of aryl methyl sites for hydroxylation is 1. The van der Waals surface area contributed by atoms with Crippen LogP contribution in [0.4, 0.5) is 5.82 Å². The molecule has 0 aliphatic heterocycles. The fourth-order valence-electron chi connectivity index (χ4n) is 1.21. The van der Waals surface area contributed by atoms with Crippen LogP contribution >= 0.6 is 0 Å². The number of aromatic nitrogens is 2. The molecule has 0 saturated carbocycles. The zero-order chi connectivity index (χ0) is 12.7. The van der Waals surface area contributed by atoms with E-state index in [0.717, 1.165) is 5.56 Å². The largest absolute Gasteiger partial charge is 0.475 e. The fraction of sp³-hybridized carbons (Fsp3) is 0.636. The lowest BCUT2D eigenvalue weighted by Crippen LogP contribution is -2.12. The first-order chi connectivity index (χ1) is 8.15. The zero-order valence-corrected chi connectivity index (χ0v) is 10.5. The van der Waals surface area contributed by atoms with Crippen LogP contribution in [0.5, 0.6) is 5.88 Å². The molecule has 2 N–H and O–H groups in total. The molecular weight excluding hydrogens is 222 g/mol. The first kappa shape index (κ1) is 13.7. The highest BCUT2D eigenvalue weighted by molar-refractivity contribution is 5.44. The highest BCUT2D eigenvalue weighted by Gasteiger charge is 2.07. The molecule has 1 aromatic heterocycles. The van der Waals surface area contributed by atoms with Gasteiger partial charge in [0.25, 0.3) is 0 Å². The van der Waals surface area contributed by atoms with Gasteiger partial charge in [-0.1, -0.05) is 0 Å². The summed E-state index contributed by atoms with van der Waals surface area (Å²) in [5.74, 6) is 1.57. The Hall–Kier alpha value is -1.40. The number of hydrogen-bond donors (Lipinski definition) is 1. The zero-order valence-electron chi connectivity index (χ0n) is 10.5. The van der Waals surface area contributed by atoms with Crippen LogP contribution in [0.1, 0.15) is 11.4 Å². The predicted octanol–water partition coefficient (Wildman–Crippen LogP) is 0.717. The minimum absolute atomic E-state index is 0.431. The van der Waals surface area contributed by atoms with E-state index in [1.165, 1.54) is 0 Å². The van der Waals surface area contributed by atoms with Gasteiger partial charge < -0.3 is 19.9 Å². The summed E-state index contributed by atoms with van der Waals surface area (Å²) in [6, 6.07) is 0. The molecule has 1 rings (SSSR count). The minimum Gasteiger partial charge on any atom is -0.475 e. The first-order valence-corrected chi connectivity index (χ1v) is 5.45. The van der Waals surface area contributed by atoms with Gasteiger partial charge in [-0.3, -0.25) is 0 Å². The fourth-order valence-corrected chi connectivity index (χ4v) is 1.21. The van der Waals surface area contributed by atoms with E-state index in [4.69, 9.17) is 19.9 Å².